The first-order chi connectivity index (χ1) is 6.15. The van der Waals surface area contributed by atoms with Crippen LogP contribution in [0.3, 0.4) is 0 Å². The van der Waals surface area contributed by atoms with Gasteiger partial charge in [-0.25, -0.2) is 0 Å². The highest BCUT2D eigenvalue weighted by atomic mass is 15.2. The molecule has 0 spiro atoms. The van der Waals surface area contributed by atoms with E-state index in [1.165, 1.54) is 19.5 Å². The summed E-state index contributed by atoms with van der Waals surface area (Å²) >= 11 is 0. The summed E-state index contributed by atoms with van der Waals surface area (Å²) in [7, 11) is 2.03. The largest absolute Gasteiger partial charge is 0.318 e. The van der Waals surface area contributed by atoms with Gasteiger partial charge in [-0.2, -0.15) is 0 Å². The highest BCUT2D eigenvalue weighted by Crippen LogP contribution is 2.24. The molecule has 0 aromatic heterocycles. The standard InChI is InChI=1S/C11H24N2/c1-9(2)11-5-6-13(8-11)10(3)7-12-4/h9-12H,5-8H2,1-4H3. The van der Waals surface area contributed by atoms with Crippen molar-refractivity contribution in [2.75, 3.05) is 26.7 Å². The Bertz CT molecular complexity index is 145. The second kappa shape index (κ2) is 4.97. The van der Waals surface area contributed by atoms with Crippen LogP contribution < -0.4 is 5.32 Å². The minimum Gasteiger partial charge on any atom is -0.318 e. The lowest BCUT2D eigenvalue weighted by Gasteiger charge is -2.24. The van der Waals surface area contributed by atoms with Crippen molar-refractivity contribution in [2.45, 2.75) is 33.2 Å². The van der Waals surface area contributed by atoms with Gasteiger partial charge in [-0.1, -0.05) is 13.8 Å². The Balaban J connectivity index is 2.31. The monoisotopic (exact) mass is 184 g/mol. The predicted molar refractivity (Wildman–Crippen MR) is 57.9 cm³/mol. The molecule has 0 aromatic rings. The molecule has 2 heteroatoms. The van der Waals surface area contributed by atoms with Crippen molar-refractivity contribution in [3.05, 3.63) is 0 Å². The second-order valence-corrected chi connectivity index (χ2v) is 4.69. The summed E-state index contributed by atoms with van der Waals surface area (Å²) < 4.78 is 0. The van der Waals surface area contributed by atoms with Crippen molar-refractivity contribution in [1.82, 2.24) is 10.2 Å². The summed E-state index contributed by atoms with van der Waals surface area (Å²) in [5.74, 6) is 1.78. The van der Waals surface area contributed by atoms with Gasteiger partial charge in [0.2, 0.25) is 0 Å². The molecule has 1 fully saturated rings. The van der Waals surface area contributed by atoms with E-state index in [4.69, 9.17) is 0 Å². The van der Waals surface area contributed by atoms with Gasteiger partial charge in [0.1, 0.15) is 0 Å². The van der Waals surface area contributed by atoms with Crippen molar-refractivity contribution in [1.29, 1.82) is 0 Å². The number of rotatable bonds is 4. The average molecular weight is 184 g/mol. The Kier molecular flexibility index (Phi) is 4.20. The molecule has 1 N–H and O–H groups in total. The van der Waals surface area contributed by atoms with Crippen LogP contribution in [0, 0.1) is 11.8 Å². The highest BCUT2D eigenvalue weighted by molar-refractivity contribution is 4.81. The first-order valence-corrected chi connectivity index (χ1v) is 5.53. The van der Waals surface area contributed by atoms with Crippen LogP contribution in [0.1, 0.15) is 27.2 Å². The molecule has 0 saturated carbocycles. The fourth-order valence-corrected chi connectivity index (χ4v) is 2.18. The fourth-order valence-electron chi connectivity index (χ4n) is 2.18. The molecule has 1 heterocycles. The number of hydrogen-bond acceptors (Lipinski definition) is 2. The van der Waals surface area contributed by atoms with E-state index < -0.39 is 0 Å². The van der Waals surface area contributed by atoms with E-state index in [1.807, 2.05) is 7.05 Å². The van der Waals surface area contributed by atoms with Gasteiger partial charge < -0.3 is 5.32 Å². The number of hydrogen-bond donors (Lipinski definition) is 1. The van der Waals surface area contributed by atoms with Gasteiger partial charge in [-0.05, 0) is 38.8 Å². The summed E-state index contributed by atoms with van der Waals surface area (Å²) in [5, 5.41) is 3.25. The van der Waals surface area contributed by atoms with E-state index in [0.29, 0.717) is 6.04 Å². The van der Waals surface area contributed by atoms with Crippen LogP contribution in [0.4, 0.5) is 0 Å². The molecule has 0 bridgehead atoms. The van der Waals surface area contributed by atoms with E-state index in [2.05, 4.69) is 31.0 Å². The Morgan fingerprint density at radius 1 is 1.38 bits per heavy atom. The predicted octanol–water partition coefficient (Wildman–Crippen LogP) is 1.57. The van der Waals surface area contributed by atoms with E-state index in [-0.39, 0.29) is 0 Å². The summed E-state index contributed by atoms with van der Waals surface area (Å²) in [6, 6.07) is 0.703. The maximum Gasteiger partial charge on any atom is 0.0192 e. The molecular weight excluding hydrogens is 160 g/mol. The zero-order valence-electron chi connectivity index (χ0n) is 9.51. The highest BCUT2D eigenvalue weighted by Gasteiger charge is 2.27. The number of likely N-dealkylation sites (tertiary alicyclic amines) is 1. The lowest BCUT2D eigenvalue weighted by molar-refractivity contribution is 0.236. The van der Waals surface area contributed by atoms with Gasteiger partial charge in [-0.3, -0.25) is 4.90 Å². The van der Waals surface area contributed by atoms with Gasteiger partial charge in [0.05, 0.1) is 0 Å². The van der Waals surface area contributed by atoms with Crippen molar-refractivity contribution >= 4 is 0 Å². The summed E-state index contributed by atoms with van der Waals surface area (Å²) in [5.41, 5.74) is 0. The number of likely N-dealkylation sites (N-methyl/N-ethyl adjacent to an activating group) is 1. The van der Waals surface area contributed by atoms with Gasteiger partial charge >= 0.3 is 0 Å². The van der Waals surface area contributed by atoms with E-state index in [9.17, 15) is 0 Å². The minimum absolute atomic E-state index is 0.703. The molecule has 78 valence electrons. The molecule has 13 heavy (non-hydrogen) atoms. The third kappa shape index (κ3) is 2.96. The first-order valence-electron chi connectivity index (χ1n) is 5.53. The number of nitrogens with zero attached hydrogens (tertiary/aromatic N) is 1. The third-order valence-corrected chi connectivity index (χ3v) is 3.32. The topological polar surface area (TPSA) is 15.3 Å². The summed E-state index contributed by atoms with van der Waals surface area (Å²) in [4.78, 5) is 2.61. The van der Waals surface area contributed by atoms with Crippen LogP contribution in [-0.2, 0) is 0 Å². The van der Waals surface area contributed by atoms with Crippen molar-refractivity contribution in [3.8, 4) is 0 Å². The van der Waals surface area contributed by atoms with E-state index in [0.717, 1.165) is 18.4 Å². The maximum atomic E-state index is 3.25. The summed E-state index contributed by atoms with van der Waals surface area (Å²) in [6.07, 6.45) is 1.39. The molecule has 0 radical (unpaired) electrons. The normalized spacial score (nSPS) is 27.0. The van der Waals surface area contributed by atoms with Gasteiger partial charge in [-0.15, -0.1) is 0 Å². The van der Waals surface area contributed by atoms with E-state index >= 15 is 0 Å². The molecule has 1 aliphatic heterocycles. The number of nitrogens with one attached hydrogen (secondary N) is 1. The third-order valence-electron chi connectivity index (χ3n) is 3.32. The van der Waals surface area contributed by atoms with Crippen LogP contribution in [0.5, 0.6) is 0 Å². The fraction of sp³-hybridized carbons (Fsp3) is 1.00. The quantitative estimate of drug-likeness (QED) is 0.713. The van der Waals surface area contributed by atoms with Crippen LogP contribution in [0.15, 0.2) is 0 Å². The molecule has 0 aliphatic carbocycles. The molecule has 2 nitrogen and oxygen atoms in total. The summed E-state index contributed by atoms with van der Waals surface area (Å²) in [6.45, 7) is 10.7. The molecular formula is C11H24N2. The van der Waals surface area contributed by atoms with Gasteiger partial charge in [0, 0.05) is 19.1 Å². The second-order valence-electron chi connectivity index (χ2n) is 4.69. The molecule has 2 atom stereocenters. The Hall–Kier alpha value is -0.0800. The Morgan fingerprint density at radius 3 is 2.54 bits per heavy atom. The molecule has 1 aliphatic rings. The smallest absolute Gasteiger partial charge is 0.0192 e. The van der Waals surface area contributed by atoms with E-state index in [1.54, 1.807) is 0 Å². The van der Waals surface area contributed by atoms with Gasteiger partial charge in [0.15, 0.2) is 0 Å². The van der Waals surface area contributed by atoms with Crippen molar-refractivity contribution < 1.29 is 0 Å². The first kappa shape index (κ1) is 11.0. The van der Waals surface area contributed by atoms with Crippen LogP contribution >= 0.6 is 0 Å². The lowest BCUT2D eigenvalue weighted by atomic mass is 9.95. The zero-order chi connectivity index (χ0) is 9.84. The molecule has 0 aromatic carbocycles. The SMILES string of the molecule is CNCC(C)N1CCC(C(C)C)C1. The molecule has 1 saturated heterocycles. The van der Waals surface area contributed by atoms with Crippen LogP contribution in [-0.4, -0.2) is 37.6 Å². The van der Waals surface area contributed by atoms with Crippen molar-refractivity contribution in [3.63, 3.8) is 0 Å². The van der Waals surface area contributed by atoms with Crippen LogP contribution in [0.2, 0.25) is 0 Å². The average Bonchev–Trinajstić information content (AvgIpc) is 2.52. The Morgan fingerprint density at radius 2 is 2.08 bits per heavy atom. The lowest BCUT2D eigenvalue weighted by Crippen LogP contribution is -2.38. The van der Waals surface area contributed by atoms with Crippen molar-refractivity contribution in [2.24, 2.45) is 11.8 Å². The molecule has 2 unspecified atom stereocenters. The van der Waals surface area contributed by atoms with Gasteiger partial charge in [0.25, 0.3) is 0 Å². The molecule has 0 amide bonds. The zero-order valence-corrected chi connectivity index (χ0v) is 9.51. The minimum atomic E-state index is 0.703. The maximum absolute atomic E-state index is 3.25. The van der Waals surface area contributed by atoms with Crippen LogP contribution in [0.25, 0.3) is 0 Å². The molecule has 1 rings (SSSR count). The Labute approximate surface area is 82.7 Å².